The Morgan fingerprint density at radius 1 is 1.08 bits per heavy atom. The van der Waals surface area contributed by atoms with Crippen LogP contribution < -0.4 is 15.4 Å². The molecule has 2 aliphatic rings. The third-order valence-corrected chi connectivity index (χ3v) is 7.74. The fraction of sp³-hybridized carbons (Fsp3) is 0.533. The number of ether oxygens (including phenoxy) is 1. The third-order valence-electron chi connectivity index (χ3n) is 7.74. The number of aliphatic hydroxyl groups is 1. The zero-order valence-corrected chi connectivity index (χ0v) is 22.9. The molecule has 2 aromatic rings. The van der Waals surface area contributed by atoms with E-state index in [9.17, 15) is 14.7 Å². The van der Waals surface area contributed by atoms with E-state index in [1.54, 1.807) is 35.2 Å². The molecule has 3 atom stereocenters. The first-order valence-corrected chi connectivity index (χ1v) is 13.9. The molecule has 0 radical (unpaired) electrons. The summed E-state index contributed by atoms with van der Waals surface area (Å²) in [5.74, 6) is 1.09. The van der Waals surface area contributed by atoms with Gasteiger partial charge < -0.3 is 30.3 Å². The SMILES string of the molecule is C[C@@H]1CN([C@@H](C)CO)C(=O)c2cc(NC(=O)Nc3ccccc3)ccc2O[C@H]1CN(C)CC1CCCCC1. The topological polar surface area (TPSA) is 94.1 Å². The van der Waals surface area contributed by atoms with Crippen molar-refractivity contribution in [1.82, 2.24) is 9.80 Å². The summed E-state index contributed by atoms with van der Waals surface area (Å²) in [6, 6.07) is 13.6. The van der Waals surface area contributed by atoms with Crippen molar-refractivity contribution < 1.29 is 19.4 Å². The van der Waals surface area contributed by atoms with E-state index >= 15 is 0 Å². The molecule has 0 aromatic heterocycles. The lowest BCUT2D eigenvalue weighted by molar-refractivity contribution is 0.0330. The average molecular weight is 523 g/mol. The first-order chi connectivity index (χ1) is 18.3. The first-order valence-electron chi connectivity index (χ1n) is 13.9. The first kappa shape index (κ1) is 27.9. The highest BCUT2D eigenvalue weighted by Gasteiger charge is 2.34. The van der Waals surface area contributed by atoms with Gasteiger partial charge in [0.05, 0.1) is 18.2 Å². The highest BCUT2D eigenvalue weighted by molar-refractivity contribution is 6.02. The van der Waals surface area contributed by atoms with Crippen molar-refractivity contribution in [3.8, 4) is 5.75 Å². The van der Waals surface area contributed by atoms with Crippen LogP contribution in [-0.4, -0.2) is 72.3 Å². The predicted molar refractivity (Wildman–Crippen MR) is 151 cm³/mol. The molecule has 8 heteroatoms. The number of benzene rings is 2. The number of aliphatic hydroxyl groups excluding tert-OH is 1. The van der Waals surface area contributed by atoms with E-state index < -0.39 is 6.03 Å². The zero-order valence-electron chi connectivity index (χ0n) is 22.9. The Kier molecular flexibility index (Phi) is 9.63. The maximum Gasteiger partial charge on any atom is 0.323 e. The number of hydrogen-bond donors (Lipinski definition) is 3. The molecule has 1 saturated carbocycles. The lowest BCUT2D eigenvalue weighted by atomic mass is 9.89. The zero-order chi connectivity index (χ0) is 27.1. The molecule has 0 unspecified atom stereocenters. The molecule has 8 nitrogen and oxygen atoms in total. The number of nitrogens with zero attached hydrogens (tertiary/aromatic N) is 2. The van der Waals surface area contributed by atoms with Gasteiger partial charge in [0.1, 0.15) is 11.9 Å². The van der Waals surface area contributed by atoms with Crippen LogP contribution >= 0.6 is 0 Å². The van der Waals surface area contributed by atoms with Crippen molar-refractivity contribution in [2.45, 2.75) is 58.1 Å². The van der Waals surface area contributed by atoms with Crippen LogP contribution in [0.1, 0.15) is 56.3 Å². The Morgan fingerprint density at radius 2 is 1.79 bits per heavy atom. The fourth-order valence-electron chi connectivity index (χ4n) is 5.53. The summed E-state index contributed by atoms with van der Waals surface area (Å²) in [7, 11) is 2.15. The van der Waals surface area contributed by atoms with E-state index in [4.69, 9.17) is 4.74 Å². The maximum atomic E-state index is 13.7. The van der Waals surface area contributed by atoms with E-state index in [0.717, 1.165) is 19.0 Å². The highest BCUT2D eigenvalue weighted by atomic mass is 16.5. The van der Waals surface area contributed by atoms with Crippen LogP contribution in [0.2, 0.25) is 0 Å². The van der Waals surface area contributed by atoms with E-state index in [1.165, 1.54) is 32.1 Å². The van der Waals surface area contributed by atoms with Crippen LogP contribution in [0.15, 0.2) is 48.5 Å². The Morgan fingerprint density at radius 3 is 2.50 bits per heavy atom. The van der Waals surface area contributed by atoms with Gasteiger partial charge in [-0.25, -0.2) is 4.79 Å². The maximum absolute atomic E-state index is 13.7. The van der Waals surface area contributed by atoms with Crippen molar-refractivity contribution in [2.24, 2.45) is 11.8 Å². The normalized spacial score (nSPS) is 21.2. The van der Waals surface area contributed by atoms with Crippen LogP contribution in [0, 0.1) is 11.8 Å². The third kappa shape index (κ3) is 7.26. The number of carbonyl (C=O) groups excluding carboxylic acids is 2. The summed E-state index contributed by atoms with van der Waals surface area (Å²) >= 11 is 0. The number of rotatable bonds is 8. The van der Waals surface area contributed by atoms with Gasteiger partial charge in [-0.1, -0.05) is 44.4 Å². The molecule has 3 amide bonds. The molecule has 206 valence electrons. The Bertz CT molecular complexity index is 1070. The molecule has 0 saturated heterocycles. The van der Waals surface area contributed by atoms with Gasteiger partial charge in [-0.05, 0) is 63.1 Å². The quantitative estimate of drug-likeness (QED) is 0.450. The minimum atomic E-state index is -0.396. The molecule has 3 N–H and O–H groups in total. The number of para-hydroxylation sites is 1. The van der Waals surface area contributed by atoms with Gasteiger partial charge in [0.15, 0.2) is 0 Å². The van der Waals surface area contributed by atoms with E-state index in [-0.39, 0.29) is 30.6 Å². The smallest absolute Gasteiger partial charge is 0.323 e. The molecular formula is C30H42N4O4. The number of nitrogens with one attached hydrogen (secondary N) is 2. The summed E-state index contributed by atoms with van der Waals surface area (Å²) < 4.78 is 6.52. The number of carbonyl (C=O) groups is 2. The van der Waals surface area contributed by atoms with Gasteiger partial charge in [0, 0.05) is 36.9 Å². The van der Waals surface area contributed by atoms with Gasteiger partial charge in [-0.2, -0.15) is 0 Å². The number of likely N-dealkylation sites (N-methyl/N-ethyl adjacent to an activating group) is 1. The van der Waals surface area contributed by atoms with Gasteiger partial charge in [-0.15, -0.1) is 0 Å². The highest BCUT2D eigenvalue weighted by Crippen LogP contribution is 2.31. The Balaban J connectivity index is 1.53. The van der Waals surface area contributed by atoms with Crippen LogP contribution in [-0.2, 0) is 0 Å². The van der Waals surface area contributed by atoms with Crippen LogP contribution in [0.5, 0.6) is 5.75 Å². The number of fused-ring (bicyclic) bond motifs is 1. The molecule has 1 fully saturated rings. The molecule has 1 heterocycles. The Labute approximate surface area is 226 Å². The molecular weight excluding hydrogens is 480 g/mol. The molecule has 0 bridgehead atoms. The van der Waals surface area contributed by atoms with Crippen molar-refractivity contribution in [3.05, 3.63) is 54.1 Å². The summed E-state index contributed by atoms with van der Waals surface area (Å²) in [4.78, 5) is 30.3. The molecule has 38 heavy (non-hydrogen) atoms. The van der Waals surface area contributed by atoms with E-state index in [1.807, 2.05) is 25.1 Å². The molecule has 4 rings (SSSR count). The van der Waals surface area contributed by atoms with Gasteiger partial charge >= 0.3 is 6.03 Å². The molecule has 1 aliphatic carbocycles. The van der Waals surface area contributed by atoms with Crippen molar-refractivity contribution in [2.75, 3.05) is 43.9 Å². The molecule has 2 aromatic carbocycles. The lowest BCUT2D eigenvalue weighted by Crippen LogP contribution is -2.50. The van der Waals surface area contributed by atoms with Gasteiger partial charge in [0.2, 0.25) is 0 Å². The largest absolute Gasteiger partial charge is 0.488 e. The fourth-order valence-corrected chi connectivity index (χ4v) is 5.53. The lowest BCUT2D eigenvalue weighted by Gasteiger charge is -2.38. The van der Waals surface area contributed by atoms with E-state index in [0.29, 0.717) is 29.2 Å². The summed E-state index contributed by atoms with van der Waals surface area (Å²) in [6.07, 6.45) is 6.44. The monoisotopic (exact) mass is 522 g/mol. The van der Waals surface area contributed by atoms with E-state index in [2.05, 4.69) is 29.5 Å². The molecule has 0 spiro atoms. The van der Waals surface area contributed by atoms with Crippen molar-refractivity contribution >= 4 is 23.3 Å². The standard InChI is InChI=1S/C30H42N4O4/c1-21-17-34(22(2)20-35)29(36)26-16-25(32-30(37)31-24-12-8-5-9-13-24)14-15-27(26)38-28(21)19-33(3)18-23-10-6-4-7-11-23/h5,8-9,12-16,21-23,28,35H,4,6-7,10-11,17-20H2,1-3H3,(H2,31,32,37)/t21-,22+,28+/m1/s1. The minimum absolute atomic E-state index is 0.0735. The number of urea groups is 1. The minimum Gasteiger partial charge on any atom is -0.488 e. The van der Waals surface area contributed by atoms with Gasteiger partial charge in [0.25, 0.3) is 5.91 Å². The van der Waals surface area contributed by atoms with Crippen LogP contribution in [0.3, 0.4) is 0 Å². The van der Waals surface area contributed by atoms with Gasteiger partial charge in [-0.3, -0.25) is 4.79 Å². The van der Waals surface area contributed by atoms with Crippen LogP contribution in [0.25, 0.3) is 0 Å². The van der Waals surface area contributed by atoms with Crippen molar-refractivity contribution in [3.63, 3.8) is 0 Å². The number of hydrogen-bond acceptors (Lipinski definition) is 5. The number of amides is 3. The summed E-state index contributed by atoms with van der Waals surface area (Å²) in [5.41, 5.74) is 1.55. The number of anilines is 2. The Hall–Kier alpha value is -3.10. The average Bonchev–Trinajstić information content (AvgIpc) is 2.91. The summed E-state index contributed by atoms with van der Waals surface area (Å²) in [5, 5.41) is 15.5. The second kappa shape index (κ2) is 13.1. The second-order valence-electron chi connectivity index (χ2n) is 11.0. The van der Waals surface area contributed by atoms with Crippen LogP contribution in [0.4, 0.5) is 16.2 Å². The summed E-state index contributed by atoms with van der Waals surface area (Å²) in [6.45, 7) is 6.12. The predicted octanol–water partition coefficient (Wildman–Crippen LogP) is 5.06. The van der Waals surface area contributed by atoms with Crippen molar-refractivity contribution in [1.29, 1.82) is 0 Å². The second-order valence-corrected chi connectivity index (χ2v) is 11.0. The molecule has 1 aliphatic heterocycles.